The van der Waals surface area contributed by atoms with Gasteiger partial charge in [0, 0.05) is 13.1 Å². The Morgan fingerprint density at radius 2 is 1.73 bits per heavy atom. The van der Waals surface area contributed by atoms with Gasteiger partial charge in [0.25, 0.3) is 0 Å². The van der Waals surface area contributed by atoms with Crippen molar-refractivity contribution in [2.45, 2.75) is 19.3 Å². The monoisotopic (exact) mass is 180 g/mol. The molecule has 1 aliphatic heterocycles. The predicted molar refractivity (Wildman–Crippen MR) is 40.6 cm³/mol. The summed E-state index contributed by atoms with van der Waals surface area (Å²) in [7, 11) is -4.06. The maximum absolute atomic E-state index is 10.4. The molecular weight excluding hydrogens is 167 g/mol. The van der Waals surface area contributed by atoms with Crippen molar-refractivity contribution in [3.8, 4) is 0 Å². The molecule has 3 N–H and O–H groups in total. The molecule has 1 heterocycles. The number of hydrogen-bond donors (Lipinski definition) is 3. The quantitative estimate of drug-likeness (QED) is 0.524. The summed E-state index contributed by atoms with van der Waals surface area (Å²) in [5, 5.41) is 3.75. The van der Waals surface area contributed by atoms with E-state index in [1.165, 1.54) is 0 Å². The van der Waals surface area contributed by atoms with E-state index in [-0.39, 0.29) is 0 Å². The van der Waals surface area contributed by atoms with E-state index >= 15 is 0 Å². The van der Waals surface area contributed by atoms with Crippen LogP contribution >= 0.6 is 7.75 Å². The number of nitrogens with one attached hydrogen (secondary N) is 1. The van der Waals surface area contributed by atoms with Gasteiger partial charge in [-0.1, -0.05) is 6.42 Å². The first-order chi connectivity index (χ1) is 5.08. The van der Waals surface area contributed by atoms with E-state index in [1.807, 2.05) is 0 Å². The highest BCUT2D eigenvalue weighted by Gasteiger charge is 2.18. The summed E-state index contributed by atoms with van der Waals surface area (Å²) in [6.07, 6.45) is 3.17. The van der Waals surface area contributed by atoms with E-state index in [0.29, 0.717) is 0 Å². The van der Waals surface area contributed by atoms with E-state index in [1.54, 1.807) is 5.01 Å². The molecule has 66 valence electrons. The second-order valence-electron chi connectivity index (χ2n) is 2.69. The van der Waals surface area contributed by atoms with Crippen LogP contribution in [0.1, 0.15) is 19.3 Å². The second kappa shape index (κ2) is 3.65. The minimum atomic E-state index is -4.06. The standard InChI is InChI=1S/C5H13N2O3P/c8-11(9,10)6-7-4-2-1-3-5-7/h1-5H2,(H3,6,8,9,10). The van der Waals surface area contributed by atoms with Gasteiger partial charge in [-0.3, -0.25) is 0 Å². The van der Waals surface area contributed by atoms with Gasteiger partial charge in [0.05, 0.1) is 0 Å². The summed E-state index contributed by atoms with van der Waals surface area (Å²) < 4.78 is 10.4. The predicted octanol–water partition coefficient (Wildman–Crippen LogP) is 0.0696. The Kier molecular flexibility index (Phi) is 3.04. The van der Waals surface area contributed by atoms with Crippen molar-refractivity contribution in [2.24, 2.45) is 0 Å². The Hall–Kier alpha value is 0.0700. The highest BCUT2D eigenvalue weighted by Crippen LogP contribution is 2.29. The largest absolute Gasteiger partial charge is 0.413 e. The summed E-state index contributed by atoms with van der Waals surface area (Å²) in [6, 6.07) is 0. The van der Waals surface area contributed by atoms with Crippen molar-refractivity contribution in [2.75, 3.05) is 13.1 Å². The topological polar surface area (TPSA) is 72.8 Å². The van der Waals surface area contributed by atoms with Crippen LogP contribution in [0, 0.1) is 0 Å². The van der Waals surface area contributed by atoms with Crippen molar-refractivity contribution in [3.63, 3.8) is 0 Å². The summed E-state index contributed by atoms with van der Waals surface area (Å²) in [5.74, 6) is 0. The number of rotatable bonds is 2. The van der Waals surface area contributed by atoms with Gasteiger partial charge in [-0.15, -0.1) is 0 Å². The molecule has 0 spiro atoms. The smallest absolute Gasteiger partial charge is 0.312 e. The van der Waals surface area contributed by atoms with Crippen molar-refractivity contribution < 1.29 is 14.4 Å². The molecule has 1 aliphatic rings. The number of piperidine rings is 1. The van der Waals surface area contributed by atoms with Crippen LogP contribution in [-0.2, 0) is 4.57 Å². The van der Waals surface area contributed by atoms with Gasteiger partial charge >= 0.3 is 7.75 Å². The number of hydrazine groups is 1. The molecule has 11 heavy (non-hydrogen) atoms. The van der Waals surface area contributed by atoms with E-state index in [0.717, 1.165) is 32.4 Å². The van der Waals surface area contributed by atoms with Crippen molar-refractivity contribution in [1.82, 2.24) is 10.2 Å². The Labute approximate surface area is 65.6 Å². The average Bonchev–Trinajstić information content (AvgIpc) is 1.85. The fourth-order valence-electron chi connectivity index (χ4n) is 1.18. The molecule has 1 saturated heterocycles. The van der Waals surface area contributed by atoms with Crippen LogP contribution in [0.4, 0.5) is 0 Å². The van der Waals surface area contributed by atoms with Gasteiger partial charge in [0.2, 0.25) is 0 Å². The summed E-state index contributed by atoms with van der Waals surface area (Å²) >= 11 is 0. The number of hydrogen-bond acceptors (Lipinski definition) is 2. The lowest BCUT2D eigenvalue weighted by Crippen LogP contribution is -2.39. The molecule has 1 rings (SSSR count). The average molecular weight is 180 g/mol. The van der Waals surface area contributed by atoms with Crippen molar-refractivity contribution in [3.05, 3.63) is 0 Å². The summed E-state index contributed by atoms with van der Waals surface area (Å²) in [5.41, 5.74) is 0. The zero-order valence-corrected chi connectivity index (χ0v) is 7.13. The Morgan fingerprint density at radius 3 is 2.18 bits per heavy atom. The lowest BCUT2D eigenvalue weighted by molar-refractivity contribution is 0.174. The van der Waals surface area contributed by atoms with E-state index in [9.17, 15) is 4.57 Å². The first kappa shape index (κ1) is 9.16. The molecule has 5 nitrogen and oxygen atoms in total. The third-order valence-electron chi connectivity index (χ3n) is 1.63. The van der Waals surface area contributed by atoms with Crippen LogP contribution in [0.2, 0.25) is 0 Å². The molecular formula is C5H13N2O3P. The van der Waals surface area contributed by atoms with Gasteiger partial charge in [-0.2, -0.15) is 5.20 Å². The van der Waals surface area contributed by atoms with E-state index in [2.05, 4.69) is 5.20 Å². The zero-order valence-electron chi connectivity index (χ0n) is 6.23. The van der Waals surface area contributed by atoms with E-state index in [4.69, 9.17) is 9.79 Å². The van der Waals surface area contributed by atoms with Gasteiger partial charge in [-0.05, 0) is 12.8 Å². The number of nitrogens with zero attached hydrogens (tertiary/aromatic N) is 1. The van der Waals surface area contributed by atoms with Crippen LogP contribution in [0.5, 0.6) is 0 Å². The Bertz CT molecular complexity index is 163. The molecule has 0 aliphatic carbocycles. The van der Waals surface area contributed by atoms with Crippen LogP contribution in [0.15, 0.2) is 0 Å². The van der Waals surface area contributed by atoms with Crippen LogP contribution in [-0.4, -0.2) is 27.9 Å². The van der Waals surface area contributed by atoms with Gasteiger partial charge in [0.15, 0.2) is 0 Å². The second-order valence-corrected chi connectivity index (χ2v) is 3.98. The first-order valence-corrected chi connectivity index (χ1v) is 5.27. The molecule has 0 saturated carbocycles. The van der Waals surface area contributed by atoms with Gasteiger partial charge in [-0.25, -0.2) is 9.57 Å². The molecule has 0 unspecified atom stereocenters. The molecule has 0 radical (unpaired) electrons. The SMILES string of the molecule is O=P(O)(O)NN1CCCCC1. The molecule has 0 aromatic heterocycles. The molecule has 0 bridgehead atoms. The minimum absolute atomic E-state index is 0.727. The maximum Gasteiger partial charge on any atom is 0.413 e. The summed E-state index contributed by atoms with van der Waals surface area (Å²) in [4.78, 5) is 17.1. The molecule has 0 aromatic rings. The van der Waals surface area contributed by atoms with Crippen LogP contribution < -0.4 is 5.20 Å². The molecule has 0 aromatic carbocycles. The molecule has 0 atom stereocenters. The fourth-order valence-corrected chi connectivity index (χ4v) is 1.75. The normalized spacial score (nSPS) is 22.0. The van der Waals surface area contributed by atoms with Crippen molar-refractivity contribution >= 4 is 7.75 Å². The Morgan fingerprint density at radius 1 is 1.18 bits per heavy atom. The van der Waals surface area contributed by atoms with Crippen molar-refractivity contribution in [1.29, 1.82) is 0 Å². The van der Waals surface area contributed by atoms with Gasteiger partial charge < -0.3 is 9.79 Å². The maximum atomic E-state index is 10.4. The lowest BCUT2D eigenvalue weighted by atomic mass is 10.2. The fraction of sp³-hybridized carbons (Fsp3) is 1.00. The molecule has 1 fully saturated rings. The summed E-state index contributed by atoms with van der Waals surface area (Å²) in [6.45, 7) is 1.45. The third kappa shape index (κ3) is 3.84. The highest BCUT2D eigenvalue weighted by molar-refractivity contribution is 7.49. The lowest BCUT2D eigenvalue weighted by Gasteiger charge is -2.26. The third-order valence-corrected chi connectivity index (χ3v) is 2.17. The Balaban J connectivity index is 2.30. The van der Waals surface area contributed by atoms with Crippen LogP contribution in [0.25, 0.3) is 0 Å². The minimum Gasteiger partial charge on any atom is -0.312 e. The van der Waals surface area contributed by atoms with Gasteiger partial charge in [0.1, 0.15) is 0 Å². The van der Waals surface area contributed by atoms with E-state index < -0.39 is 7.75 Å². The van der Waals surface area contributed by atoms with Crippen LogP contribution in [0.3, 0.4) is 0 Å². The highest BCUT2D eigenvalue weighted by atomic mass is 31.2. The molecule has 0 amide bonds. The zero-order chi connectivity index (χ0) is 8.32. The molecule has 6 heteroatoms. The first-order valence-electron chi connectivity index (χ1n) is 3.66.